The number of hydrogen-bond donors (Lipinski definition) is 1. The fraction of sp³-hybridized carbons (Fsp3) is 0.933. The van der Waals surface area contributed by atoms with Gasteiger partial charge in [-0.2, -0.15) is 0 Å². The molecule has 0 radical (unpaired) electrons. The Labute approximate surface area is 118 Å². The molecule has 19 heavy (non-hydrogen) atoms. The van der Waals surface area contributed by atoms with Gasteiger partial charge in [0.25, 0.3) is 0 Å². The van der Waals surface area contributed by atoms with Gasteiger partial charge in [0.2, 0.25) is 0 Å². The van der Waals surface area contributed by atoms with Crippen molar-refractivity contribution in [3.8, 4) is 0 Å². The van der Waals surface area contributed by atoms with Crippen LogP contribution in [-0.2, 0) is 4.74 Å². The molecular weight excluding hydrogens is 238 g/mol. The highest BCUT2D eigenvalue weighted by Gasteiger charge is 2.18. The summed E-state index contributed by atoms with van der Waals surface area (Å²) in [6.07, 6.45) is 4.79. The minimum atomic E-state index is 0.817. The van der Waals surface area contributed by atoms with Gasteiger partial charge < -0.3 is 15.0 Å². The quantitative estimate of drug-likeness (QED) is 0.438. The number of ether oxygens (including phenoxy) is 1. The molecule has 0 spiro atoms. The van der Waals surface area contributed by atoms with Crippen LogP contribution in [0.25, 0.3) is 0 Å². The van der Waals surface area contributed by atoms with Gasteiger partial charge in [0.1, 0.15) is 0 Å². The first-order valence-electron chi connectivity index (χ1n) is 7.88. The smallest absolute Gasteiger partial charge is 0.193 e. The van der Waals surface area contributed by atoms with E-state index in [1.54, 1.807) is 0 Å². The van der Waals surface area contributed by atoms with Gasteiger partial charge in [0.05, 0.1) is 0 Å². The Morgan fingerprint density at radius 2 is 2.00 bits per heavy atom. The fourth-order valence-corrected chi connectivity index (χ4v) is 2.29. The number of unbranched alkanes of at least 4 members (excludes halogenated alkanes) is 1. The van der Waals surface area contributed by atoms with Crippen molar-refractivity contribution in [1.82, 2.24) is 10.2 Å². The Bertz CT molecular complexity index is 248. The summed E-state index contributed by atoms with van der Waals surface area (Å²) < 4.78 is 5.34. The standard InChI is InChI=1S/C15H31N3O/c1-4-16-15(17-10-6-7-13-19-5-2)18-11-8-14(3)9-12-18/h14H,4-13H2,1-3H3,(H,16,17). The van der Waals surface area contributed by atoms with Crippen molar-refractivity contribution < 1.29 is 4.74 Å². The average molecular weight is 269 g/mol. The van der Waals surface area contributed by atoms with Crippen molar-refractivity contribution in [1.29, 1.82) is 0 Å². The zero-order valence-corrected chi connectivity index (χ0v) is 13.0. The SMILES string of the molecule is CCNC(=NCCCCOCC)N1CCC(C)CC1. The van der Waals surface area contributed by atoms with E-state index in [1.807, 2.05) is 6.92 Å². The maximum Gasteiger partial charge on any atom is 0.193 e. The second-order valence-corrected chi connectivity index (χ2v) is 5.31. The molecule has 1 aliphatic rings. The Morgan fingerprint density at radius 3 is 2.63 bits per heavy atom. The fourth-order valence-electron chi connectivity index (χ4n) is 2.29. The monoisotopic (exact) mass is 269 g/mol. The minimum absolute atomic E-state index is 0.817. The van der Waals surface area contributed by atoms with Crippen LogP contribution in [-0.4, -0.2) is 50.3 Å². The minimum Gasteiger partial charge on any atom is -0.382 e. The number of nitrogens with zero attached hydrogens (tertiary/aromatic N) is 2. The van der Waals surface area contributed by atoms with Gasteiger partial charge >= 0.3 is 0 Å². The molecule has 1 rings (SSSR count). The molecule has 4 heteroatoms. The molecule has 1 N–H and O–H groups in total. The van der Waals surface area contributed by atoms with E-state index in [4.69, 9.17) is 9.73 Å². The van der Waals surface area contributed by atoms with Crippen molar-refractivity contribution in [3.05, 3.63) is 0 Å². The molecule has 0 bridgehead atoms. The van der Waals surface area contributed by atoms with Gasteiger partial charge in [-0.15, -0.1) is 0 Å². The van der Waals surface area contributed by atoms with E-state index in [1.165, 1.54) is 12.8 Å². The summed E-state index contributed by atoms with van der Waals surface area (Å²) in [7, 11) is 0. The summed E-state index contributed by atoms with van der Waals surface area (Å²) in [5.74, 6) is 1.97. The van der Waals surface area contributed by atoms with Gasteiger partial charge in [0.15, 0.2) is 5.96 Å². The molecule has 0 aromatic carbocycles. The molecule has 0 saturated carbocycles. The number of guanidine groups is 1. The zero-order valence-electron chi connectivity index (χ0n) is 13.0. The predicted molar refractivity (Wildman–Crippen MR) is 81.7 cm³/mol. The molecular formula is C15H31N3O. The Hall–Kier alpha value is -0.770. The number of rotatable bonds is 7. The molecule has 4 nitrogen and oxygen atoms in total. The normalized spacial score (nSPS) is 17.8. The Kier molecular flexibility index (Phi) is 8.63. The van der Waals surface area contributed by atoms with Crippen LogP contribution < -0.4 is 5.32 Å². The molecule has 0 aromatic rings. The summed E-state index contributed by atoms with van der Waals surface area (Å²) in [6.45, 7) is 12.3. The van der Waals surface area contributed by atoms with Gasteiger partial charge in [0, 0.05) is 39.4 Å². The number of aliphatic imine (C=N–C) groups is 1. The topological polar surface area (TPSA) is 36.9 Å². The van der Waals surface area contributed by atoms with E-state index in [0.717, 1.165) is 64.1 Å². The van der Waals surface area contributed by atoms with Crippen molar-refractivity contribution in [2.45, 2.75) is 46.5 Å². The predicted octanol–water partition coefficient (Wildman–Crippen LogP) is 2.50. The lowest BCUT2D eigenvalue weighted by atomic mass is 10.00. The maximum absolute atomic E-state index is 5.34. The van der Waals surface area contributed by atoms with E-state index in [0.29, 0.717) is 0 Å². The molecule has 1 heterocycles. The van der Waals surface area contributed by atoms with Crippen LogP contribution >= 0.6 is 0 Å². The summed E-state index contributed by atoms with van der Waals surface area (Å²) >= 11 is 0. The Morgan fingerprint density at radius 1 is 1.26 bits per heavy atom. The van der Waals surface area contributed by atoms with Crippen LogP contribution in [0.4, 0.5) is 0 Å². The van der Waals surface area contributed by atoms with Crippen molar-refractivity contribution >= 4 is 5.96 Å². The molecule has 0 amide bonds. The molecule has 112 valence electrons. The summed E-state index contributed by atoms with van der Waals surface area (Å²) in [6, 6.07) is 0. The van der Waals surface area contributed by atoms with Crippen LogP contribution in [0.5, 0.6) is 0 Å². The number of likely N-dealkylation sites (tertiary alicyclic amines) is 1. The molecule has 1 aliphatic heterocycles. The number of hydrogen-bond acceptors (Lipinski definition) is 2. The van der Waals surface area contributed by atoms with Gasteiger partial charge in [-0.1, -0.05) is 6.92 Å². The third-order valence-corrected chi connectivity index (χ3v) is 3.58. The van der Waals surface area contributed by atoms with Gasteiger partial charge in [-0.3, -0.25) is 4.99 Å². The lowest BCUT2D eigenvalue weighted by molar-refractivity contribution is 0.144. The molecule has 1 saturated heterocycles. The van der Waals surface area contributed by atoms with Crippen molar-refractivity contribution in [2.75, 3.05) is 39.4 Å². The van der Waals surface area contributed by atoms with Gasteiger partial charge in [-0.25, -0.2) is 0 Å². The van der Waals surface area contributed by atoms with Crippen LogP contribution in [0.1, 0.15) is 46.5 Å². The van der Waals surface area contributed by atoms with E-state index in [2.05, 4.69) is 24.1 Å². The summed E-state index contributed by atoms with van der Waals surface area (Å²) in [5, 5.41) is 3.41. The third kappa shape index (κ3) is 6.81. The van der Waals surface area contributed by atoms with Crippen molar-refractivity contribution in [3.63, 3.8) is 0 Å². The van der Waals surface area contributed by atoms with Crippen LogP contribution in [0.2, 0.25) is 0 Å². The van der Waals surface area contributed by atoms with Crippen molar-refractivity contribution in [2.24, 2.45) is 10.9 Å². The zero-order chi connectivity index (χ0) is 13.9. The highest BCUT2D eigenvalue weighted by Crippen LogP contribution is 2.15. The third-order valence-electron chi connectivity index (χ3n) is 3.58. The Balaban J connectivity index is 2.29. The lowest BCUT2D eigenvalue weighted by Crippen LogP contribution is -2.45. The highest BCUT2D eigenvalue weighted by molar-refractivity contribution is 5.80. The largest absolute Gasteiger partial charge is 0.382 e. The van der Waals surface area contributed by atoms with E-state index in [-0.39, 0.29) is 0 Å². The maximum atomic E-state index is 5.34. The van der Waals surface area contributed by atoms with Crippen LogP contribution in [0.15, 0.2) is 4.99 Å². The van der Waals surface area contributed by atoms with Crippen LogP contribution in [0.3, 0.4) is 0 Å². The average Bonchev–Trinajstić information content (AvgIpc) is 2.42. The van der Waals surface area contributed by atoms with Crippen LogP contribution in [0, 0.1) is 5.92 Å². The molecule has 0 atom stereocenters. The number of nitrogens with one attached hydrogen (secondary N) is 1. The highest BCUT2D eigenvalue weighted by atomic mass is 16.5. The first kappa shape index (κ1) is 16.3. The van der Waals surface area contributed by atoms with E-state index in [9.17, 15) is 0 Å². The molecule has 0 aliphatic carbocycles. The summed E-state index contributed by atoms with van der Waals surface area (Å²) in [4.78, 5) is 7.14. The first-order valence-corrected chi connectivity index (χ1v) is 7.88. The first-order chi connectivity index (χ1) is 9.27. The van der Waals surface area contributed by atoms with E-state index >= 15 is 0 Å². The van der Waals surface area contributed by atoms with E-state index < -0.39 is 0 Å². The molecule has 0 aromatic heterocycles. The molecule has 0 unspecified atom stereocenters. The summed E-state index contributed by atoms with van der Waals surface area (Å²) in [5.41, 5.74) is 0. The molecule has 1 fully saturated rings. The second-order valence-electron chi connectivity index (χ2n) is 5.31. The lowest BCUT2D eigenvalue weighted by Gasteiger charge is -2.33. The number of piperidine rings is 1. The second kappa shape index (κ2) is 10.1. The van der Waals surface area contributed by atoms with Gasteiger partial charge in [-0.05, 0) is 45.4 Å².